The Morgan fingerprint density at radius 2 is 1.67 bits per heavy atom. The second-order valence-electron chi connectivity index (χ2n) is 3.03. The van der Waals surface area contributed by atoms with Crippen LogP contribution in [0.5, 0.6) is 0 Å². The Labute approximate surface area is 91.9 Å². The van der Waals surface area contributed by atoms with Crippen LogP contribution >= 0.6 is 11.6 Å². The van der Waals surface area contributed by atoms with Crippen LogP contribution in [-0.2, 0) is 0 Å². The van der Waals surface area contributed by atoms with Gasteiger partial charge in [-0.25, -0.2) is 9.97 Å². The molecule has 76 valence electrons. The van der Waals surface area contributed by atoms with Crippen molar-refractivity contribution in [2.75, 3.05) is 11.5 Å². The van der Waals surface area contributed by atoms with Gasteiger partial charge in [-0.1, -0.05) is 11.6 Å². The zero-order valence-corrected chi connectivity index (χ0v) is 8.57. The number of aromatic nitrogens is 2. The lowest BCUT2D eigenvalue weighted by Crippen LogP contribution is -1.96. The fourth-order valence-electron chi connectivity index (χ4n) is 1.24. The number of rotatable bonds is 1. The van der Waals surface area contributed by atoms with Crippen molar-refractivity contribution in [3.05, 3.63) is 35.6 Å². The van der Waals surface area contributed by atoms with E-state index >= 15 is 0 Å². The molecule has 1 aromatic heterocycles. The molecule has 0 aliphatic heterocycles. The van der Waals surface area contributed by atoms with Crippen molar-refractivity contribution in [1.82, 2.24) is 9.97 Å². The van der Waals surface area contributed by atoms with Crippen LogP contribution in [0.2, 0.25) is 5.02 Å². The molecule has 0 amide bonds. The number of benzene rings is 1. The summed E-state index contributed by atoms with van der Waals surface area (Å²) in [6.45, 7) is 0. The maximum atomic E-state index is 5.90. The molecule has 2 aromatic rings. The molecule has 1 heterocycles. The van der Waals surface area contributed by atoms with Crippen molar-refractivity contribution < 1.29 is 0 Å². The summed E-state index contributed by atoms with van der Waals surface area (Å²) in [5, 5.41) is 0.451. The Hall–Kier alpha value is -1.81. The van der Waals surface area contributed by atoms with Crippen molar-refractivity contribution in [2.24, 2.45) is 0 Å². The van der Waals surface area contributed by atoms with Crippen molar-refractivity contribution in [3.8, 4) is 11.4 Å². The van der Waals surface area contributed by atoms with Gasteiger partial charge in [0.15, 0.2) is 5.82 Å². The summed E-state index contributed by atoms with van der Waals surface area (Å²) in [5.74, 6) is 0.539. The number of nitrogens with zero attached hydrogens (tertiary/aromatic N) is 2. The second kappa shape index (κ2) is 3.74. The SMILES string of the molecule is Nc1cc(N)c(-c2ncccn2)cc1Cl. The highest BCUT2D eigenvalue weighted by Crippen LogP contribution is 2.30. The Morgan fingerprint density at radius 3 is 2.33 bits per heavy atom. The lowest BCUT2D eigenvalue weighted by atomic mass is 10.1. The average molecular weight is 221 g/mol. The molecule has 0 fully saturated rings. The van der Waals surface area contributed by atoms with E-state index < -0.39 is 0 Å². The number of halogens is 1. The lowest BCUT2D eigenvalue weighted by molar-refractivity contribution is 1.18. The molecule has 0 saturated heterocycles. The minimum atomic E-state index is 0.451. The van der Waals surface area contributed by atoms with Crippen LogP contribution in [0.25, 0.3) is 11.4 Å². The fourth-order valence-corrected chi connectivity index (χ4v) is 1.40. The largest absolute Gasteiger partial charge is 0.398 e. The molecule has 2 rings (SSSR count). The molecular formula is C10H9ClN4. The van der Waals surface area contributed by atoms with Gasteiger partial charge in [-0.3, -0.25) is 0 Å². The van der Waals surface area contributed by atoms with Gasteiger partial charge in [-0.2, -0.15) is 0 Å². The molecule has 0 unspecified atom stereocenters. The lowest BCUT2D eigenvalue weighted by Gasteiger charge is -2.06. The first-order chi connectivity index (χ1) is 7.18. The van der Waals surface area contributed by atoms with Gasteiger partial charge in [0.05, 0.1) is 10.7 Å². The average Bonchev–Trinajstić information content (AvgIpc) is 2.25. The third kappa shape index (κ3) is 1.85. The number of anilines is 2. The second-order valence-corrected chi connectivity index (χ2v) is 3.44. The molecule has 0 aliphatic carbocycles. The van der Waals surface area contributed by atoms with Crippen LogP contribution in [0.15, 0.2) is 30.6 Å². The van der Waals surface area contributed by atoms with E-state index in [9.17, 15) is 0 Å². The summed E-state index contributed by atoms with van der Waals surface area (Å²) >= 11 is 5.90. The maximum absolute atomic E-state index is 5.90. The van der Waals surface area contributed by atoms with Crippen molar-refractivity contribution in [3.63, 3.8) is 0 Å². The predicted octanol–water partition coefficient (Wildman–Crippen LogP) is 1.96. The van der Waals surface area contributed by atoms with Crippen LogP contribution < -0.4 is 11.5 Å². The highest BCUT2D eigenvalue weighted by Gasteiger charge is 2.08. The van der Waals surface area contributed by atoms with E-state index in [-0.39, 0.29) is 0 Å². The summed E-state index contributed by atoms with van der Waals surface area (Å²) < 4.78 is 0. The summed E-state index contributed by atoms with van der Waals surface area (Å²) in [7, 11) is 0. The zero-order valence-electron chi connectivity index (χ0n) is 7.81. The first-order valence-electron chi connectivity index (χ1n) is 4.30. The molecule has 15 heavy (non-hydrogen) atoms. The third-order valence-electron chi connectivity index (χ3n) is 1.98. The highest BCUT2D eigenvalue weighted by atomic mass is 35.5. The van der Waals surface area contributed by atoms with Gasteiger partial charge in [0.2, 0.25) is 0 Å². The summed E-state index contributed by atoms with van der Waals surface area (Å²) in [5.41, 5.74) is 13.1. The van der Waals surface area contributed by atoms with E-state index in [1.165, 1.54) is 0 Å². The van der Waals surface area contributed by atoms with Gasteiger partial charge >= 0.3 is 0 Å². The molecule has 0 atom stereocenters. The van der Waals surface area contributed by atoms with Gasteiger partial charge in [0.25, 0.3) is 0 Å². The van der Waals surface area contributed by atoms with Crippen molar-refractivity contribution >= 4 is 23.0 Å². The third-order valence-corrected chi connectivity index (χ3v) is 2.30. The molecule has 0 aliphatic rings. The first kappa shape index (κ1) is 9.73. The molecule has 4 nitrogen and oxygen atoms in total. The topological polar surface area (TPSA) is 77.8 Å². The fraction of sp³-hybridized carbons (Fsp3) is 0. The molecule has 5 heteroatoms. The van der Waals surface area contributed by atoms with E-state index in [0.717, 1.165) is 0 Å². The van der Waals surface area contributed by atoms with Crippen LogP contribution in [0, 0.1) is 0 Å². The summed E-state index contributed by atoms with van der Waals surface area (Å²) in [6.07, 6.45) is 3.29. The van der Waals surface area contributed by atoms with Crippen molar-refractivity contribution in [2.45, 2.75) is 0 Å². The van der Waals surface area contributed by atoms with Gasteiger partial charge in [0, 0.05) is 23.6 Å². The van der Waals surface area contributed by atoms with Crippen molar-refractivity contribution in [1.29, 1.82) is 0 Å². The minimum Gasteiger partial charge on any atom is -0.398 e. The number of nitrogen functional groups attached to an aromatic ring is 2. The summed E-state index contributed by atoms with van der Waals surface area (Å²) in [4.78, 5) is 8.18. The standard InChI is InChI=1S/C10H9ClN4/c11-7-4-6(8(12)5-9(7)13)10-14-2-1-3-15-10/h1-5H,12-13H2. The normalized spacial score (nSPS) is 10.2. The van der Waals surface area contributed by atoms with E-state index in [4.69, 9.17) is 23.1 Å². The van der Waals surface area contributed by atoms with Gasteiger partial charge in [-0.05, 0) is 18.2 Å². The quantitative estimate of drug-likeness (QED) is 0.721. The van der Waals surface area contributed by atoms with Crippen LogP contribution in [0.3, 0.4) is 0 Å². The Bertz CT molecular complexity index is 484. The highest BCUT2D eigenvalue weighted by molar-refractivity contribution is 6.33. The molecular weight excluding hydrogens is 212 g/mol. The maximum Gasteiger partial charge on any atom is 0.161 e. The Morgan fingerprint density at radius 1 is 1.00 bits per heavy atom. The van der Waals surface area contributed by atoms with Crippen LogP contribution in [0.4, 0.5) is 11.4 Å². The Kier molecular flexibility index (Phi) is 2.43. The summed E-state index contributed by atoms with van der Waals surface area (Å²) in [6, 6.07) is 5.01. The monoisotopic (exact) mass is 220 g/mol. The van der Waals surface area contributed by atoms with Crippen LogP contribution in [0.1, 0.15) is 0 Å². The molecule has 4 N–H and O–H groups in total. The smallest absolute Gasteiger partial charge is 0.161 e. The number of hydrogen-bond acceptors (Lipinski definition) is 4. The van der Waals surface area contributed by atoms with Gasteiger partial charge in [0.1, 0.15) is 0 Å². The number of nitrogens with two attached hydrogens (primary N) is 2. The molecule has 0 radical (unpaired) electrons. The number of hydrogen-bond donors (Lipinski definition) is 2. The molecule has 0 spiro atoms. The Balaban J connectivity index is 2.59. The van der Waals surface area contributed by atoms with E-state index in [1.54, 1.807) is 30.6 Å². The van der Waals surface area contributed by atoms with E-state index in [0.29, 0.717) is 27.8 Å². The molecule has 0 bridgehead atoms. The van der Waals surface area contributed by atoms with E-state index in [1.807, 2.05) is 0 Å². The predicted molar refractivity (Wildman–Crippen MR) is 61.3 cm³/mol. The molecule has 0 saturated carbocycles. The van der Waals surface area contributed by atoms with Gasteiger partial charge < -0.3 is 11.5 Å². The minimum absolute atomic E-state index is 0.451. The first-order valence-corrected chi connectivity index (χ1v) is 4.68. The van der Waals surface area contributed by atoms with Gasteiger partial charge in [-0.15, -0.1) is 0 Å². The van der Waals surface area contributed by atoms with E-state index in [2.05, 4.69) is 9.97 Å². The van der Waals surface area contributed by atoms with Crippen LogP contribution in [-0.4, -0.2) is 9.97 Å². The molecule has 1 aromatic carbocycles. The zero-order chi connectivity index (χ0) is 10.8.